The van der Waals surface area contributed by atoms with E-state index in [1.54, 1.807) is 16.6 Å². The van der Waals surface area contributed by atoms with Crippen LogP contribution in [0.3, 0.4) is 0 Å². The first kappa shape index (κ1) is 20.1. The molecule has 3 rings (SSSR count). The molecule has 0 bridgehead atoms. The maximum atomic E-state index is 13.6. The fourth-order valence-corrected chi connectivity index (χ4v) is 2.87. The number of imidazole rings is 1. The first-order chi connectivity index (χ1) is 12.9. The summed E-state index contributed by atoms with van der Waals surface area (Å²) >= 11 is 0. The normalized spacial score (nSPS) is 15.0. The average molecular weight is 397 g/mol. The number of alkyl halides is 3. The van der Waals surface area contributed by atoms with Crippen LogP contribution in [0.4, 0.5) is 19.0 Å². The molecule has 3 aromatic heterocycles. The van der Waals surface area contributed by atoms with Crippen molar-refractivity contribution in [3.05, 3.63) is 36.2 Å². The zero-order chi connectivity index (χ0) is 20.7. The zero-order valence-electron chi connectivity index (χ0n) is 16.0. The molecule has 0 saturated heterocycles. The lowest BCUT2D eigenvalue weighted by atomic mass is 9.96. The van der Waals surface area contributed by atoms with Gasteiger partial charge in [-0.2, -0.15) is 17.7 Å². The lowest BCUT2D eigenvalue weighted by Crippen LogP contribution is -2.45. The SMILES string of the molecule is Cn1ccnc1C(O)(CCNc1ccc2nnc(C(C)(C)C)n2n1)C(F)(F)F. The molecule has 3 aromatic rings. The third-order valence-corrected chi connectivity index (χ3v) is 4.39. The van der Waals surface area contributed by atoms with Gasteiger partial charge in [0.2, 0.25) is 5.60 Å². The predicted octanol–water partition coefficient (Wildman–Crippen LogP) is 2.41. The van der Waals surface area contributed by atoms with Crippen LogP contribution in [0.15, 0.2) is 24.5 Å². The van der Waals surface area contributed by atoms with Crippen molar-refractivity contribution < 1.29 is 18.3 Å². The Bertz CT molecular complexity index is 973. The van der Waals surface area contributed by atoms with Crippen LogP contribution in [0, 0.1) is 0 Å². The molecule has 0 amide bonds. The van der Waals surface area contributed by atoms with Crippen molar-refractivity contribution in [3.63, 3.8) is 0 Å². The maximum Gasteiger partial charge on any atom is 0.424 e. The lowest BCUT2D eigenvalue weighted by molar-refractivity contribution is -0.271. The number of hydrogen-bond acceptors (Lipinski definition) is 6. The van der Waals surface area contributed by atoms with E-state index in [1.165, 1.54) is 19.4 Å². The second kappa shape index (κ2) is 6.73. The number of halogens is 3. The summed E-state index contributed by atoms with van der Waals surface area (Å²) in [6.07, 6.45) is -2.93. The van der Waals surface area contributed by atoms with Crippen LogP contribution in [0.5, 0.6) is 0 Å². The summed E-state index contributed by atoms with van der Waals surface area (Å²) in [6, 6.07) is 3.27. The molecule has 0 spiro atoms. The molecule has 152 valence electrons. The number of nitrogens with one attached hydrogen (secondary N) is 1. The molecule has 2 N–H and O–H groups in total. The van der Waals surface area contributed by atoms with Gasteiger partial charge in [-0.15, -0.1) is 15.3 Å². The summed E-state index contributed by atoms with van der Waals surface area (Å²) in [4.78, 5) is 3.68. The number of aryl methyl sites for hydroxylation is 1. The van der Waals surface area contributed by atoms with E-state index in [1.807, 2.05) is 20.8 Å². The van der Waals surface area contributed by atoms with Gasteiger partial charge in [-0.05, 0) is 12.1 Å². The van der Waals surface area contributed by atoms with E-state index < -0.39 is 24.0 Å². The highest BCUT2D eigenvalue weighted by Gasteiger charge is 2.57. The van der Waals surface area contributed by atoms with E-state index in [0.717, 1.165) is 4.57 Å². The van der Waals surface area contributed by atoms with Crippen LogP contribution >= 0.6 is 0 Å². The number of nitrogens with zero attached hydrogens (tertiary/aromatic N) is 6. The Morgan fingerprint density at radius 3 is 2.39 bits per heavy atom. The molecule has 0 aliphatic heterocycles. The van der Waals surface area contributed by atoms with Gasteiger partial charge in [-0.3, -0.25) is 0 Å². The van der Waals surface area contributed by atoms with Crippen molar-refractivity contribution in [1.29, 1.82) is 0 Å². The summed E-state index contributed by atoms with van der Waals surface area (Å²) in [5, 5.41) is 25.7. The standard InChI is InChI=1S/C17H22F3N7O/c1-15(2,3)13-24-23-12-6-5-11(25-27(12)13)21-8-7-16(28,17(18,19)20)14-22-9-10-26(14)4/h5-6,9-10,28H,7-8H2,1-4H3,(H,21,25). The van der Waals surface area contributed by atoms with E-state index in [-0.39, 0.29) is 12.0 Å². The van der Waals surface area contributed by atoms with Gasteiger partial charge < -0.3 is 15.0 Å². The molecule has 0 aromatic carbocycles. The van der Waals surface area contributed by atoms with Crippen LogP contribution in [0.1, 0.15) is 38.8 Å². The van der Waals surface area contributed by atoms with Gasteiger partial charge in [-0.25, -0.2) is 4.98 Å². The van der Waals surface area contributed by atoms with Gasteiger partial charge in [0, 0.05) is 37.8 Å². The Kier molecular flexibility index (Phi) is 4.82. The molecule has 0 fully saturated rings. The third-order valence-electron chi connectivity index (χ3n) is 4.39. The van der Waals surface area contributed by atoms with E-state index in [4.69, 9.17) is 0 Å². The molecule has 11 heteroatoms. The first-order valence-corrected chi connectivity index (χ1v) is 8.67. The lowest BCUT2D eigenvalue weighted by Gasteiger charge is -2.30. The Morgan fingerprint density at radius 2 is 1.82 bits per heavy atom. The number of aromatic nitrogens is 6. The number of anilines is 1. The Morgan fingerprint density at radius 1 is 1.11 bits per heavy atom. The zero-order valence-corrected chi connectivity index (χ0v) is 16.0. The summed E-state index contributed by atoms with van der Waals surface area (Å²) in [7, 11) is 1.40. The Balaban J connectivity index is 1.81. The second-order valence-corrected chi connectivity index (χ2v) is 7.66. The fourth-order valence-electron chi connectivity index (χ4n) is 2.87. The first-order valence-electron chi connectivity index (χ1n) is 8.67. The van der Waals surface area contributed by atoms with Crippen molar-refractivity contribution in [2.45, 2.75) is 44.4 Å². The van der Waals surface area contributed by atoms with Gasteiger partial charge in [0.1, 0.15) is 11.6 Å². The molecule has 1 unspecified atom stereocenters. The minimum atomic E-state index is -4.88. The predicted molar refractivity (Wildman–Crippen MR) is 95.7 cm³/mol. The van der Waals surface area contributed by atoms with E-state index >= 15 is 0 Å². The van der Waals surface area contributed by atoms with E-state index in [0.29, 0.717) is 17.3 Å². The molecule has 0 radical (unpaired) electrons. The summed E-state index contributed by atoms with van der Waals surface area (Å²) in [6.45, 7) is 5.71. The van der Waals surface area contributed by atoms with E-state index in [2.05, 4.69) is 25.6 Å². The Labute approximate surface area is 159 Å². The number of hydrogen-bond donors (Lipinski definition) is 2. The quantitative estimate of drug-likeness (QED) is 0.687. The number of rotatable bonds is 5. The van der Waals surface area contributed by atoms with Gasteiger partial charge in [0.15, 0.2) is 11.5 Å². The van der Waals surface area contributed by atoms with Gasteiger partial charge in [0.05, 0.1) is 0 Å². The van der Waals surface area contributed by atoms with Crippen molar-refractivity contribution in [2.24, 2.45) is 7.05 Å². The van der Waals surface area contributed by atoms with Crippen molar-refractivity contribution in [3.8, 4) is 0 Å². The molecule has 28 heavy (non-hydrogen) atoms. The van der Waals surface area contributed by atoms with Crippen LogP contribution in [-0.4, -0.2) is 47.2 Å². The summed E-state index contributed by atoms with van der Waals surface area (Å²) in [5.74, 6) is 0.521. The van der Waals surface area contributed by atoms with Crippen LogP contribution in [-0.2, 0) is 18.1 Å². The van der Waals surface area contributed by atoms with Crippen molar-refractivity contribution in [1.82, 2.24) is 29.4 Å². The largest absolute Gasteiger partial charge is 0.424 e. The van der Waals surface area contributed by atoms with E-state index in [9.17, 15) is 18.3 Å². The monoisotopic (exact) mass is 397 g/mol. The number of fused-ring (bicyclic) bond motifs is 1. The Hall–Kier alpha value is -2.69. The smallest absolute Gasteiger partial charge is 0.374 e. The third kappa shape index (κ3) is 3.53. The van der Waals surface area contributed by atoms with Crippen LogP contribution < -0.4 is 5.32 Å². The number of aliphatic hydroxyl groups is 1. The molecule has 0 aliphatic rings. The van der Waals surface area contributed by atoms with Crippen molar-refractivity contribution in [2.75, 3.05) is 11.9 Å². The van der Waals surface area contributed by atoms with Gasteiger partial charge in [0.25, 0.3) is 0 Å². The highest BCUT2D eigenvalue weighted by atomic mass is 19.4. The topological polar surface area (TPSA) is 93.2 Å². The molecular weight excluding hydrogens is 375 g/mol. The van der Waals surface area contributed by atoms with Crippen LogP contribution in [0.2, 0.25) is 0 Å². The van der Waals surface area contributed by atoms with Crippen molar-refractivity contribution >= 4 is 11.5 Å². The molecule has 0 saturated carbocycles. The van der Waals surface area contributed by atoms with Crippen LogP contribution in [0.25, 0.3) is 5.65 Å². The average Bonchev–Trinajstić information content (AvgIpc) is 3.19. The molecular formula is C17H22F3N7O. The molecule has 0 aliphatic carbocycles. The molecule has 8 nitrogen and oxygen atoms in total. The summed E-state index contributed by atoms with van der Waals surface area (Å²) < 4.78 is 43.4. The van der Waals surface area contributed by atoms with Gasteiger partial charge in [-0.1, -0.05) is 20.8 Å². The molecule has 1 atom stereocenters. The highest BCUT2D eigenvalue weighted by molar-refractivity contribution is 5.44. The summed E-state index contributed by atoms with van der Waals surface area (Å²) in [5.41, 5.74) is -2.84. The molecule has 3 heterocycles. The maximum absolute atomic E-state index is 13.6. The fraction of sp³-hybridized carbons (Fsp3) is 0.529. The minimum absolute atomic E-state index is 0.172. The highest BCUT2D eigenvalue weighted by Crippen LogP contribution is 2.40. The minimum Gasteiger partial charge on any atom is -0.374 e. The second-order valence-electron chi connectivity index (χ2n) is 7.66. The van der Waals surface area contributed by atoms with Gasteiger partial charge >= 0.3 is 6.18 Å².